The van der Waals surface area contributed by atoms with E-state index in [1.54, 1.807) is 0 Å². The first-order valence-electron chi connectivity index (χ1n) is 5.64. The fraction of sp³-hybridized carbons (Fsp3) is 0.214. The number of fused-ring (bicyclic) bond motifs is 1. The number of rotatable bonds is 1. The van der Waals surface area contributed by atoms with Crippen LogP contribution in [-0.2, 0) is 6.54 Å². The van der Waals surface area contributed by atoms with Gasteiger partial charge in [-0.25, -0.2) is 0 Å². The van der Waals surface area contributed by atoms with Crippen molar-refractivity contribution in [1.29, 1.82) is 0 Å². The molecule has 1 aromatic heterocycles. The second kappa shape index (κ2) is 4.06. The molecule has 2 heterocycles. The predicted octanol–water partition coefficient (Wildman–Crippen LogP) is 2.32. The lowest BCUT2D eigenvalue weighted by Gasteiger charge is -2.25. The zero-order valence-electron chi connectivity index (χ0n) is 9.06. The zero-order chi connectivity index (χ0) is 10.8. The van der Waals surface area contributed by atoms with Crippen LogP contribution in [0.5, 0.6) is 0 Å². The maximum absolute atomic E-state index is 4.46. The molecule has 80 valence electrons. The standard InChI is InChI=1S/C14H14N2/c1-2-6-12-11(5-1)9-15-10-13(12)14-7-3-4-8-16-14/h1-8,13,15H,9-10H2. The van der Waals surface area contributed by atoms with Crippen molar-refractivity contribution < 1.29 is 0 Å². The summed E-state index contributed by atoms with van der Waals surface area (Å²) in [5.41, 5.74) is 3.96. The molecule has 0 spiro atoms. The highest BCUT2D eigenvalue weighted by molar-refractivity contribution is 5.37. The number of hydrogen-bond acceptors (Lipinski definition) is 2. The topological polar surface area (TPSA) is 24.9 Å². The number of aromatic nitrogens is 1. The van der Waals surface area contributed by atoms with Crippen LogP contribution < -0.4 is 5.32 Å². The van der Waals surface area contributed by atoms with Gasteiger partial charge in [0, 0.05) is 30.9 Å². The van der Waals surface area contributed by atoms with Crippen LogP contribution in [0.2, 0.25) is 0 Å². The first-order valence-corrected chi connectivity index (χ1v) is 5.64. The van der Waals surface area contributed by atoms with Crippen LogP contribution in [0.3, 0.4) is 0 Å². The van der Waals surface area contributed by atoms with E-state index in [0.717, 1.165) is 18.8 Å². The van der Waals surface area contributed by atoms with E-state index in [1.807, 2.05) is 12.3 Å². The van der Waals surface area contributed by atoms with Gasteiger partial charge in [-0.15, -0.1) is 0 Å². The number of nitrogens with zero attached hydrogens (tertiary/aromatic N) is 1. The summed E-state index contributed by atoms with van der Waals surface area (Å²) in [6, 6.07) is 14.7. The van der Waals surface area contributed by atoms with E-state index in [4.69, 9.17) is 0 Å². The van der Waals surface area contributed by atoms with Crippen molar-refractivity contribution >= 4 is 0 Å². The number of benzene rings is 1. The van der Waals surface area contributed by atoms with Crippen molar-refractivity contribution in [3.05, 3.63) is 65.5 Å². The third kappa shape index (κ3) is 1.61. The summed E-state index contributed by atoms with van der Waals surface area (Å²) in [5, 5.41) is 3.45. The van der Waals surface area contributed by atoms with Crippen molar-refractivity contribution in [1.82, 2.24) is 10.3 Å². The fourth-order valence-corrected chi connectivity index (χ4v) is 2.34. The third-order valence-electron chi connectivity index (χ3n) is 3.14. The van der Waals surface area contributed by atoms with Crippen molar-refractivity contribution in [2.45, 2.75) is 12.5 Å². The van der Waals surface area contributed by atoms with Gasteiger partial charge in [-0.3, -0.25) is 4.98 Å². The van der Waals surface area contributed by atoms with Gasteiger partial charge in [0.05, 0.1) is 0 Å². The summed E-state index contributed by atoms with van der Waals surface area (Å²) in [7, 11) is 0. The Bertz CT molecular complexity index is 479. The lowest BCUT2D eigenvalue weighted by molar-refractivity contribution is 0.583. The Hall–Kier alpha value is -1.67. The molecule has 2 aromatic rings. The van der Waals surface area contributed by atoms with Gasteiger partial charge >= 0.3 is 0 Å². The molecule has 1 aliphatic heterocycles. The normalized spacial score (nSPS) is 19.1. The van der Waals surface area contributed by atoms with Gasteiger partial charge in [0.15, 0.2) is 0 Å². The van der Waals surface area contributed by atoms with Crippen molar-refractivity contribution in [3.63, 3.8) is 0 Å². The Morgan fingerprint density at radius 3 is 2.81 bits per heavy atom. The molecule has 0 saturated carbocycles. The maximum atomic E-state index is 4.46. The van der Waals surface area contributed by atoms with Gasteiger partial charge in [0.25, 0.3) is 0 Å². The van der Waals surface area contributed by atoms with Crippen LogP contribution in [-0.4, -0.2) is 11.5 Å². The highest BCUT2D eigenvalue weighted by Gasteiger charge is 2.21. The molecular weight excluding hydrogens is 196 g/mol. The smallest absolute Gasteiger partial charge is 0.0491 e. The lowest BCUT2D eigenvalue weighted by atomic mass is 9.88. The number of nitrogens with one attached hydrogen (secondary N) is 1. The molecule has 1 atom stereocenters. The van der Waals surface area contributed by atoms with Gasteiger partial charge in [0.1, 0.15) is 0 Å². The Labute approximate surface area is 95.3 Å². The molecule has 0 aliphatic carbocycles. The van der Waals surface area contributed by atoms with Crippen molar-refractivity contribution in [3.8, 4) is 0 Å². The summed E-state index contributed by atoms with van der Waals surface area (Å²) in [4.78, 5) is 4.46. The number of pyridine rings is 1. The van der Waals surface area contributed by atoms with E-state index in [1.165, 1.54) is 11.1 Å². The predicted molar refractivity (Wildman–Crippen MR) is 64.2 cm³/mol. The van der Waals surface area contributed by atoms with Crippen LogP contribution in [0.4, 0.5) is 0 Å². The molecule has 0 bridgehead atoms. The molecule has 1 aromatic carbocycles. The zero-order valence-corrected chi connectivity index (χ0v) is 9.06. The van der Waals surface area contributed by atoms with Gasteiger partial charge < -0.3 is 5.32 Å². The lowest BCUT2D eigenvalue weighted by Crippen LogP contribution is -2.29. The van der Waals surface area contributed by atoms with Crippen LogP contribution in [0.25, 0.3) is 0 Å². The summed E-state index contributed by atoms with van der Waals surface area (Å²) < 4.78 is 0. The van der Waals surface area contributed by atoms with E-state index >= 15 is 0 Å². The molecule has 0 amide bonds. The Morgan fingerprint density at radius 1 is 1.06 bits per heavy atom. The molecule has 1 unspecified atom stereocenters. The summed E-state index contributed by atoms with van der Waals surface area (Å²) in [6.07, 6.45) is 1.87. The molecular formula is C14H14N2. The van der Waals surface area contributed by atoms with Gasteiger partial charge in [-0.05, 0) is 23.3 Å². The largest absolute Gasteiger partial charge is 0.312 e. The Morgan fingerprint density at radius 2 is 1.94 bits per heavy atom. The molecule has 3 rings (SSSR count). The van der Waals surface area contributed by atoms with Crippen molar-refractivity contribution in [2.24, 2.45) is 0 Å². The second-order valence-corrected chi connectivity index (χ2v) is 4.14. The summed E-state index contributed by atoms with van der Waals surface area (Å²) >= 11 is 0. The molecule has 2 nitrogen and oxygen atoms in total. The molecule has 1 N–H and O–H groups in total. The minimum Gasteiger partial charge on any atom is -0.312 e. The first-order chi connectivity index (χ1) is 7.95. The van der Waals surface area contributed by atoms with E-state index in [0.29, 0.717) is 5.92 Å². The molecule has 0 radical (unpaired) electrons. The van der Waals surface area contributed by atoms with E-state index in [-0.39, 0.29) is 0 Å². The quantitative estimate of drug-likeness (QED) is 0.781. The minimum atomic E-state index is 0.395. The highest BCUT2D eigenvalue weighted by atomic mass is 14.9. The molecule has 1 aliphatic rings. The monoisotopic (exact) mass is 210 g/mol. The highest BCUT2D eigenvalue weighted by Crippen LogP contribution is 2.28. The molecule has 0 fully saturated rings. The Kier molecular flexibility index (Phi) is 2.43. The van der Waals surface area contributed by atoms with Crippen LogP contribution >= 0.6 is 0 Å². The van der Waals surface area contributed by atoms with E-state index in [9.17, 15) is 0 Å². The second-order valence-electron chi connectivity index (χ2n) is 4.14. The third-order valence-corrected chi connectivity index (χ3v) is 3.14. The summed E-state index contributed by atoms with van der Waals surface area (Å²) in [5.74, 6) is 0.395. The van der Waals surface area contributed by atoms with Gasteiger partial charge in [0.2, 0.25) is 0 Å². The van der Waals surface area contributed by atoms with Crippen molar-refractivity contribution in [2.75, 3.05) is 6.54 Å². The van der Waals surface area contributed by atoms with Crippen LogP contribution in [0.15, 0.2) is 48.7 Å². The van der Waals surface area contributed by atoms with E-state index < -0.39 is 0 Å². The van der Waals surface area contributed by atoms with E-state index in [2.05, 4.69) is 46.7 Å². The maximum Gasteiger partial charge on any atom is 0.0491 e. The van der Waals surface area contributed by atoms with Crippen LogP contribution in [0.1, 0.15) is 22.7 Å². The molecule has 16 heavy (non-hydrogen) atoms. The molecule has 0 saturated heterocycles. The fourth-order valence-electron chi connectivity index (χ4n) is 2.34. The summed E-state index contributed by atoms with van der Waals surface area (Å²) in [6.45, 7) is 1.95. The Balaban J connectivity index is 2.05. The van der Waals surface area contributed by atoms with Crippen LogP contribution in [0, 0.1) is 0 Å². The van der Waals surface area contributed by atoms with Gasteiger partial charge in [-0.1, -0.05) is 30.3 Å². The average molecular weight is 210 g/mol. The van der Waals surface area contributed by atoms with Gasteiger partial charge in [-0.2, -0.15) is 0 Å². The number of hydrogen-bond donors (Lipinski definition) is 1. The first kappa shape index (κ1) is 9.55. The SMILES string of the molecule is c1ccc(C2CNCc3ccccc32)nc1. The minimum absolute atomic E-state index is 0.395. The molecule has 2 heteroatoms. The average Bonchev–Trinajstić information content (AvgIpc) is 2.39.